The van der Waals surface area contributed by atoms with Crippen molar-refractivity contribution in [2.24, 2.45) is 5.73 Å². The van der Waals surface area contributed by atoms with Crippen LogP contribution in [0.2, 0.25) is 0 Å². The van der Waals surface area contributed by atoms with Gasteiger partial charge in [-0.1, -0.05) is 12.1 Å². The number of nitrogens with one attached hydrogen (secondary N) is 1. The van der Waals surface area contributed by atoms with Crippen molar-refractivity contribution >= 4 is 26.0 Å². The normalized spacial score (nSPS) is 11.6. The minimum atomic E-state index is -3.61. The molecule has 0 spiro atoms. The first-order valence-electron chi connectivity index (χ1n) is 6.32. The molecule has 3 N–H and O–H groups in total. The van der Waals surface area contributed by atoms with Crippen molar-refractivity contribution in [2.45, 2.75) is 24.9 Å². The summed E-state index contributed by atoms with van der Waals surface area (Å²) in [7, 11) is -3.61. The summed E-state index contributed by atoms with van der Waals surface area (Å²) in [5, 5.41) is 0. The van der Waals surface area contributed by atoms with Gasteiger partial charge in [0.05, 0.1) is 17.1 Å². The summed E-state index contributed by atoms with van der Waals surface area (Å²) in [6.07, 6.45) is 1.64. The number of benzene rings is 1. The third-order valence-corrected chi connectivity index (χ3v) is 5.45. The van der Waals surface area contributed by atoms with Crippen molar-refractivity contribution in [3.05, 3.63) is 57.8 Å². The Morgan fingerprint density at radius 1 is 1.33 bits per heavy atom. The summed E-state index contributed by atoms with van der Waals surface area (Å²) < 4.78 is 27.7. The molecule has 7 heteroatoms. The van der Waals surface area contributed by atoms with Crippen LogP contribution in [0.15, 0.2) is 45.9 Å². The van der Waals surface area contributed by atoms with Crippen LogP contribution in [-0.2, 0) is 23.1 Å². The molecular formula is C14H16BrN3O2S. The van der Waals surface area contributed by atoms with Gasteiger partial charge in [-0.2, -0.15) is 0 Å². The zero-order valence-corrected chi connectivity index (χ0v) is 13.9. The third kappa shape index (κ3) is 3.88. The molecule has 0 aliphatic rings. The highest BCUT2D eigenvalue weighted by Gasteiger charge is 2.18. The lowest BCUT2D eigenvalue weighted by Gasteiger charge is -2.10. The largest absolute Gasteiger partial charge is 0.326 e. The van der Waals surface area contributed by atoms with Crippen LogP contribution in [0.25, 0.3) is 0 Å². The van der Waals surface area contributed by atoms with E-state index in [0.717, 1.165) is 11.1 Å². The Hall–Kier alpha value is -1.28. The number of nitrogens with zero attached hydrogens (tertiary/aromatic N) is 1. The Bertz CT molecular complexity index is 748. The van der Waals surface area contributed by atoms with Crippen LogP contribution in [0.3, 0.4) is 0 Å². The summed E-state index contributed by atoms with van der Waals surface area (Å²) in [6.45, 7) is 2.40. The van der Waals surface area contributed by atoms with Crippen LogP contribution in [0, 0.1) is 6.92 Å². The van der Waals surface area contributed by atoms with E-state index in [9.17, 15) is 8.42 Å². The SMILES string of the molecule is Cc1cccnc1CNS(=O)(=O)c1ccc(CN)cc1Br. The lowest BCUT2D eigenvalue weighted by Crippen LogP contribution is -2.24. The van der Waals surface area contributed by atoms with Gasteiger partial charge < -0.3 is 5.73 Å². The first-order valence-corrected chi connectivity index (χ1v) is 8.60. The zero-order chi connectivity index (χ0) is 15.5. The van der Waals surface area contributed by atoms with Gasteiger partial charge in [0, 0.05) is 17.2 Å². The molecule has 0 amide bonds. The van der Waals surface area contributed by atoms with E-state index < -0.39 is 10.0 Å². The van der Waals surface area contributed by atoms with E-state index in [1.807, 2.05) is 19.1 Å². The van der Waals surface area contributed by atoms with Crippen molar-refractivity contribution in [3.8, 4) is 0 Å². The molecule has 112 valence electrons. The molecule has 21 heavy (non-hydrogen) atoms. The van der Waals surface area contributed by atoms with Gasteiger partial charge in [0.15, 0.2) is 0 Å². The molecule has 1 heterocycles. The van der Waals surface area contributed by atoms with E-state index >= 15 is 0 Å². The van der Waals surface area contributed by atoms with Crippen LogP contribution < -0.4 is 10.5 Å². The first-order chi connectivity index (χ1) is 9.94. The highest BCUT2D eigenvalue weighted by atomic mass is 79.9. The molecule has 0 fully saturated rings. The summed E-state index contributed by atoms with van der Waals surface area (Å²) >= 11 is 3.27. The molecule has 0 saturated carbocycles. The van der Waals surface area contributed by atoms with Crippen molar-refractivity contribution in [1.82, 2.24) is 9.71 Å². The Balaban J connectivity index is 2.21. The molecule has 1 aromatic heterocycles. The van der Waals surface area contributed by atoms with E-state index in [4.69, 9.17) is 5.73 Å². The number of rotatable bonds is 5. The maximum absolute atomic E-state index is 12.3. The maximum atomic E-state index is 12.3. The molecule has 5 nitrogen and oxygen atoms in total. The van der Waals surface area contributed by atoms with Gasteiger partial charge in [-0.25, -0.2) is 13.1 Å². The predicted octanol–water partition coefficient (Wildman–Crippen LogP) is 2.09. The van der Waals surface area contributed by atoms with Crippen LogP contribution in [0.1, 0.15) is 16.8 Å². The molecule has 0 radical (unpaired) electrons. The van der Waals surface area contributed by atoms with Gasteiger partial charge in [0.1, 0.15) is 0 Å². The topological polar surface area (TPSA) is 85.1 Å². The van der Waals surface area contributed by atoms with E-state index in [0.29, 0.717) is 16.7 Å². The van der Waals surface area contributed by atoms with Gasteiger partial charge in [0.2, 0.25) is 10.0 Å². The Kier molecular flexibility index (Phi) is 5.10. The molecule has 1 aromatic carbocycles. The zero-order valence-electron chi connectivity index (χ0n) is 11.5. The average molecular weight is 370 g/mol. The first kappa shape index (κ1) is 16.1. The molecule has 0 bridgehead atoms. The van der Waals surface area contributed by atoms with Gasteiger partial charge in [-0.15, -0.1) is 0 Å². The Labute approximate surface area is 132 Å². The number of pyridine rings is 1. The highest BCUT2D eigenvalue weighted by molar-refractivity contribution is 9.10. The van der Waals surface area contributed by atoms with Crippen LogP contribution in [0.4, 0.5) is 0 Å². The molecular weight excluding hydrogens is 354 g/mol. The second-order valence-corrected chi connectivity index (χ2v) is 7.15. The van der Waals surface area contributed by atoms with Crippen molar-refractivity contribution < 1.29 is 8.42 Å². The monoisotopic (exact) mass is 369 g/mol. The van der Waals surface area contributed by atoms with E-state index in [-0.39, 0.29) is 11.4 Å². The van der Waals surface area contributed by atoms with E-state index in [2.05, 4.69) is 25.6 Å². The van der Waals surface area contributed by atoms with Gasteiger partial charge in [-0.3, -0.25) is 4.98 Å². The van der Waals surface area contributed by atoms with Gasteiger partial charge >= 0.3 is 0 Å². The van der Waals surface area contributed by atoms with E-state index in [1.54, 1.807) is 24.4 Å². The molecule has 0 unspecified atom stereocenters. The fourth-order valence-corrected chi connectivity index (χ4v) is 3.94. The summed E-state index contributed by atoms with van der Waals surface area (Å²) in [5.41, 5.74) is 8.04. The summed E-state index contributed by atoms with van der Waals surface area (Å²) in [6, 6.07) is 8.66. The predicted molar refractivity (Wildman–Crippen MR) is 85.0 cm³/mol. The van der Waals surface area contributed by atoms with Crippen LogP contribution in [0.5, 0.6) is 0 Å². The standard InChI is InChI=1S/C14H16BrN3O2S/c1-10-3-2-6-17-13(10)9-18-21(19,20)14-5-4-11(8-16)7-12(14)15/h2-7,18H,8-9,16H2,1H3. The minimum Gasteiger partial charge on any atom is -0.326 e. The molecule has 0 atom stereocenters. The number of sulfonamides is 1. The molecule has 0 aliphatic heterocycles. The number of aromatic nitrogens is 1. The summed E-state index contributed by atoms with van der Waals surface area (Å²) in [5.74, 6) is 0. The number of nitrogens with two attached hydrogens (primary N) is 1. The molecule has 2 aromatic rings. The van der Waals surface area contributed by atoms with Crippen molar-refractivity contribution in [3.63, 3.8) is 0 Å². The fraction of sp³-hybridized carbons (Fsp3) is 0.214. The van der Waals surface area contributed by atoms with Crippen LogP contribution in [-0.4, -0.2) is 13.4 Å². The molecule has 0 saturated heterocycles. The van der Waals surface area contributed by atoms with Crippen molar-refractivity contribution in [2.75, 3.05) is 0 Å². The number of halogens is 1. The number of hydrogen-bond acceptors (Lipinski definition) is 4. The fourth-order valence-electron chi connectivity index (χ4n) is 1.83. The average Bonchev–Trinajstić information content (AvgIpc) is 2.46. The quantitative estimate of drug-likeness (QED) is 0.844. The molecule has 2 rings (SSSR count). The molecule has 0 aliphatic carbocycles. The lowest BCUT2D eigenvalue weighted by molar-refractivity contribution is 0.579. The lowest BCUT2D eigenvalue weighted by atomic mass is 10.2. The smallest absolute Gasteiger partial charge is 0.242 e. The van der Waals surface area contributed by atoms with Gasteiger partial charge in [0.25, 0.3) is 0 Å². The summed E-state index contributed by atoms with van der Waals surface area (Å²) in [4.78, 5) is 4.36. The Morgan fingerprint density at radius 3 is 2.71 bits per heavy atom. The van der Waals surface area contributed by atoms with Gasteiger partial charge in [-0.05, 0) is 52.2 Å². The highest BCUT2D eigenvalue weighted by Crippen LogP contribution is 2.23. The third-order valence-electron chi connectivity index (χ3n) is 3.07. The van der Waals surface area contributed by atoms with E-state index in [1.165, 1.54) is 0 Å². The number of aryl methyl sites for hydroxylation is 1. The van der Waals surface area contributed by atoms with Crippen molar-refractivity contribution in [1.29, 1.82) is 0 Å². The number of hydrogen-bond donors (Lipinski definition) is 2. The minimum absolute atomic E-state index is 0.153. The second kappa shape index (κ2) is 6.65. The Morgan fingerprint density at radius 2 is 2.10 bits per heavy atom. The second-order valence-electron chi connectivity index (χ2n) is 4.56. The van der Waals surface area contributed by atoms with Crippen LogP contribution >= 0.6 is 15.9 Å². The maximum Gasteiger partial charge on any atom is 0.242 e.